The van der Waals surface area contributed by atoms with Crippen LogP contribution in [0.15, 0.2) is 18.2 Å². The van der Waals surface area contributed by atoms with Crippen LogP contribution in [-0.4, -0.2) is 41.7 Å². The Morgan fingerprint density at radius 2 is 2.13 bits per heavy atom. The monoisotopic (exact) mass is 321 g/mol. The molecule has 1 saturated heterocycles. The van der Waals surface area contributed by atoms with Crippen molar-refractivity contribution in [2.45, 2.75) is 32.7 Å². The van der Waals surface area contributed by atoms with Crippen LogP contribution >= 0.6 is 0 Å². The maximum atomic E-state index is 12.1. The Morgan fingerprint density at radius 1 is 1.48 bits per heavy atom. The molecule has 7 heteroatoms. The third kappa shape index (κ3) is 4.19. The number of rotatable bonds is 5. The number of piperidine rings is 1. The van der Waals surface area contributed by atoms with E-state index >= 15 is 0 Å². The molecule has 23 heavy (non-hydrogen) atoms. The summed E-state index contributed by atoms with van der Waals surface area (Å²) in [6.07, 6.45) is 2.01. The first-order valence-corrected chi connectivity index (χ1v) is 7.87. The summed E-state index contributed by atoms with van der Waals surface area (Å²) >= 11 is 0. The van der Waals surface area contributed by atoms with Gasteiger partial charge in [0.1, 0.15) is 5.69 Å². The lowest BCUT2D eigenvalue weighted by Gasteiger charge is -2.31. The predicted octanol–water partition coefficient (Wildman–Crippen LogP) is 1.94. The maximum Gasteiger partial charge on any atom is 0.293 e. The van der Waals surface area contributed by atoms with Gasteiger partial charge >= 0.3 is 0 Å². The largest absolute Gasteiger partial charge is 0.394 e. The van der Waals surface area contributed by atoms with Crippen molar-refractivity contribution in [3.63, 3.8) is 0 Å². The van der Waals surface area contributed by atoms with Crippen LogP contribution in [0.4, 0.5) is 11.4 Å². The van der Waals surface area contributed by atoms with E-state index in [1.807, 2.05) is 4.90 Å². The minimum absolute atomic E-state index is 0.0520. The van der Waals surface area contributed by atoms with Crippen molar-refractivity contribution in [2.24, 2.45) is 5.92 Å². The second kappa shape index (κ2) is 7.41. The number of aliphatic hydroxyl groups excluding tert-OH is 1. The molecule has 1 heterocycles. The molecule has 0 bridgehead atoms. The molecule has 1 aromatic carbocycles. The van der Waals surface area contributed by atoms with Crippen molar-refractivity contribution in [3.8, 4) is 0 Å². The van der Waals surface area contributed by atoms with Crippen LogP contribution < -0.4 is 10.2 Å². The van der Waals surface area contributed by atoms with Crippen molar-refractivity contribution >= 4 is 17.3 Å². The van der Waals surface area contributed by atoms with E-state index in [1.54, 1.807) is 19.1 Å². The number of carbonyl (C=O) groups is 1. The van der Waals surface area contributed by atoms with Crippen LogP contribution in [0.5, 0.6) is 0 Å². The van der Waals surface area contributed by atoms with Gasteiger partial charge < -0.3 is 15.3 Å². The lowest BCUT2D eigenvalue weighted by atomic mass is 9.98. The summed E-state index contributed by atoms with van der Waals surface area (Å²) in [6, 6.07) is 4.16. The van der Waals surface area contributed by atoms with Crippen molar-refractivity contribution in [1.29, 1.82) is 0 Å². The van der Waals surface area contributed by atoms with Gasteiger partial charge in [-0.25, -0.2) is 0 Å². The lowest BCUT2D eigenvalue weighted by Crippen LogP contribution is -2.35. The number of nitro groups is 1. The molecule has 1 aliphatic rings. The zero-order valence-corrected chi connectivity index (χ0v) is 13.5. The van der Waals surface area contributed by atoms with Crippen LogP contribution in [-0.2, 0) is 0 Å². The minimum atomic E-state index is -0.445. The Bertz CT molecular complexity index is 583. The standard InChI is InChI=1S/C16H23N3O4/c1-11-5-7-18(8-6-11)14-4-3-13(9-15(14)19(22)23)16(21)17-12(2)10-20/h3-4,9,11-12,20H,5-8,10H2,1-2H3,(H,17,21). The first-order valence-electron chi connectivity index (χ1n) is 7.87. The van der Waals surface area contributed by atoms with E-state index in [2.05, 4.69) is 12.2 Å². The fourth-order valence-corrected chi connectivity index (χ4v) is 2.68. The SMILES string of the molecule is CC1CCN(c2ccc(C(=O)NC(C)CO)cc2[N+](=O)[O-])CC1. The van der Waals surface area contributed by atoms with Crippen LogP contribution in [0, 0.1) is 16.0 Å². The molecule has 7 nitrogen and oxygen atoms in total. The van der Waals surface area contributed by atoms with Crippen molar-refractivity contribution in [2.75, 3.05) is 24.6 Å². The maximum absolute atomic E-state index is 12.1. The second-order valence-corrected chi connectivity index (χ2v) is 6.19. The summed E-state index contributed by atoms with van der Waals surface area (Å²) in [6.45, 7) is 5.24. The molecule has 1 aliphatic heterocycles. The number of hydrogen-bond acceptors (Lipinski definition) is 5. The summed E-state index contributed by atoms with van der Waals surface area (Å²) in [4.78, 5) is 25.0. The highest BCUT2D eigenvalue weighted by Gasteiger charge is 2.24. The van der Waals surface area contributed by atoms with Gasteiger partial charge in [0.25, 0.3) is 11.6 Å². The molecule has 0 spiro atoms. The van der Waals surface area contributed by atoms with Gasteiger partial charge in [0.2, 0.25) is 0 Å². The Morgan fingerprint density at radius 3 is 2.70 bits per heavy atom. The first-order chi connectivity index (χ1) is 10.9. The fraction of sp³-hybridized carbons (Fsp3) is 0.562. The lowest BCUT2D eigenvalue weighted by molar-refractivity contribution is -0.384. The molecule has 0 radical (unpaired) electrons. The smallest absolute Gasteiger partial charge is 0.293 e. The average molecular weight is 321 g/mol. The van der Waals surface area contributed by atoms with E-state index in [0.29, 0.717) is 11.6 Å². The normalized spacial score (nSPS) is 16.9. The number of nitrogens with zero attached hydrogens (tertiary/aromatic N) is 2. The van der Waals surface area contributed by atoms with E-state index in [-0.39, 0.29) is 17.9 Å². The molecule has 0 aliphatic carbocycles. The minimum Gasteiger partial charge on any atom is -0.394 e. The van der Waals surface area contributed by atoms with Crippen LogP contribution in [0.1, 0.15) is 37.0 Å². The van der Waals surface area contributed by atoms with E-state index in [9.17, 15) is 14.9 Å². The third-order valence-corrected chi connectivity index (χ3v) is 4.21. The van der Waals surface area contributed by atoms with Crippen LogP contribution in [0.2, 0.25) is 0 Å². The number of carbonyl (C=O) groups excluding carboxylic acids is 1. The molecule has 1 amide bonds. The Kier molecular flexibility index (Phi) is 5.54. The van der Waals surface area contributed by atoms with E-state index in [1.165, 1.54) is 6.07 Å². The number of nitro benzene ring substituents is 1. The van der Waals surface area contributed by atoms with Crippen LogP contribution in [0.3, 0.4) is 0 Å². The van der Waals surface area contributed by atoms with Gasteiger partial charge in [-0.1, -0.05) is 6.92 Å². The molecule has 1 aromatic rings. The summed E-state index contributed by atoms with van der Waals surface area (Å²) in [5, 5.41) is 23.0. The average Bonchev–Trinajstić information content (AvgIpc) is 2.54. The number of amides is 1. The van der Waals surface area contributed by atoms with Gasteiger partial charge in [-0.15, -0.1) is 0 Å². The highest BCUT2D eigenvalue weighted by molar-refractivity contribution is 5.96. The molecule has 126 valence electrons. The molecule has 0 saturated carbocycles. The van der Waals surface area contributed by atoms with Gasteiger partial charge in [0.05, 0.1) is 11.5 Å². The zero-order chi connectivity index (χ0) is 17.0. The van der Waals surface area contributed by atoms with Crippen molar-refractivity contribution in [1.82, 2.24) is 5.32 Å². The Balaban J connectivity index is 2.24. The van der Waals surface area contributed by atoms with E-state index in [4.69, 9.17) is 5.11 Å². The summed E-state index contributed by atoms with van der Waals surface area (Å²) < 4.78 is 0. The van der Waals surface area contributed by atoms with Gasteiger partial charge in [0, 0.05) is 30.8 Å². The zero-order valence-electron chi connectivity index (χ0n) is 13.5. The van der Waals surface area contributed by atoms with Gasteiger partial charge in [0.15, 0.2) is 0 Å². The third-order valence-electron chi connectivity index (χ3n) is 4.21. The van der Waals surface area contributed by atoms with Gasteiger partial charge in [-0.2, -0.15) is 0 Å². The molecule has 2 rings (SSSR count). The summed E-state index contributed by atoms with van der Waals surface area (Å²) in [5.74, 6) is 0.212. The van der Waals surface area contributed by atoms with Gasteiger partial charge in [-0.3, -0.25) is 14.9 Å². The molecular formula is C16H23N3O4. The van der Waals surface area contributed by atoms with Crippen LogP contribution in [0.25, 0.3) is 0 Å². The Hall–Kier alpha value is -2.15. The Labute approximate surface area is 135 Å². The molecule has 1 unspecified atom stereocenters. The predicted molar refractivity (Wildman–Crippen MR) is 87.7 cm³/mol. The second-order valence-electron chi connectivity index (χ2n) is 6.19. The molecule has 1 atom stereocenters. The molecule has 1 fully saturated rings. The van der Waals surface area contributed by atoms with E-state index in [0.717, 1.165) is 25.9 Å². The summed E-state index contributed by atoms with van der Waals surface area (Å²) in [5.41, 5.74) is 0.739. The number of anilines is 1. The number of nitrogens with one attached hydrogen (secondary N) is 1. The first kappa shape index (κ1) is 17.2. The van der Waals surface area contributed by atoms with Crippen molar-refractivity contribution < 1.29 is 14.8 Å². The number of hydrogen-bond donors (Lipinski definition) is 2. The quantitative estimate of drug-likeness (QED) is 0.638. The molecule has 2 N–H and O–H groups in total. The highest BCUT2D eigenvalue weighted by Crippen LogP contribution is 2.32. The molecule has 0 aromatic heterocycles. The number of benzene rings is 1. The molecular weight excluding hydrogens is 298 g/mol. The van der Waals surface area contributed by atoms with Gasteiger partial charge in [-0.05, 0) is 37.8 Å². The fourth-order valence-electron chi connectivity index (χ4n) is 2.68. The summed E-state index contributed by atoms with van der Waals surface area (Å²) in [7, 11) is 0. The highest BCUT2D eigenvalue weighted by atomic mass is 16.6. The topological polar surface area (TPSA) is 95.7 Å². The van der Waals surface area contributed by atoms with Crippen molar-refractivity contribution in [3.05, 3.63) is 33.9 Å². The number of aliphatic hydroxyl groups is 1. The van der Waals surface area contributed by atoms with E-state index < -0.39 is 16.9 Å².